The average molecular weight is 413 g/mol. The van der Waals surface area contributed by atoms with Crippen molar-refractivity contribution in [3.05, 3.63) is 58.6 Å². The Morgan fingerprint density at radius 1 is 1.07 bits per heavy atom. The molecule has 2 aliphatic rings. The van der Waals surface area contributed by atoms with E-state index in [-0.39, 0.29) is 17.7 Å². The van der Waals surface area contributed by atoms with E-state index in [9.17, 15) is 9.59 Å². The zero-order chi connectivity index (χ0) is 20.2. The zero-order valence-corrected chi connectivity index (χ0v) is 17.1. The molecule has 2 fully saturated rings. The van der Waals surface area contributed by atoms with Crippen LogP contribution in [0.5, 0.6) is 0 Å². The highest BCUT2D eigenvalue weighted by Gasteiger charge is 2.30. The third kappa shape index (κ3) is 4.69. The van der Waals surface area contributed by atoms with Crippen LogP contribution in [0.3, 0.4) is 0 Å². The van der Waals surface area contributed by atoms with Gasteiger partial charge in [-0.2, -0.15) is 0 Å². The van der Waals surface area contributed by atoms with Crippen molar-refractivity contribution >= 4 is 23.4 Å². The van der Waals surface area contributed by atoms with E-state index in [1.54, 1.807) is 0 Å². The zero-order valence-electron chi connectivity index (χ0n) is 16.3. The molecule has 152 valence electrons. The van der Waals surface area contributed by atoms with Crippen molar-refractivity contribution in [2.24, 2.45) is 0 Å². The number of nitrogens with one attached hydrogen (secondary N) is 1. The van der Waals surface area contributed by atoms with Gasteiger partial charge in [0.25, 0.3) is 0 Å². The molecule has 1 N–H and O–H groups in total. The van der Waals surface area contributed by atoms with Gasteiger partial charge in [-0.05, 0) is 29.5 Å². The fourth-order valence-corrected chi connectivity index (χ4v) is 4.36. The van der Waals surface area contributed by atoms with Gasteiger partial charge in [0.05, 0.1) is 24.2 Å². The van der Waals surface area contributed by atoms with E-state index in [1.807, 2.05) is 18.2 Å². The maximum absolute atomic E-state index is 12.2. The number of hydrogen-bond donors (Lipinski definition) is 1. The number of carbonyl (C=O) groups is 2. The molecule has 0 bridgehead atoms. The minimum Gasteiger partial charge on any atom is -0.379 e. The van der Waals surface area contributed by atoms with Gasteiger partial charge in [0, 0.05) is 31.6 Å². The van der Waals surface area contributed by atoms with E-state index in [4.69, 9.17) is 16.3 Å². The van der Waals surface area contributed by atoms with Crippen LogP contribution in [-0.2, 0) is 20.7 Å². The molecule has 2 heterocycles. The van der Waals surface area contributed by atoms with Crippen molar-refractivity contribution in [1.82, 2.24) is 10.2 Å². The fraction of sp³-hybridized carbons (Fsp3) is 0.391. The van der Waals surface area contributed by atoms with E-state index >= 15 is 0 Å². The number of ether oxygens (including phenoxy) is 1. The number of nitrogens with zero attached hydrogens (tertiary/aromatic N) is 1. The molecule has 1 atom stereocenters. The molecule has 6 heteroatoms. The summed E-state index contributed by atoms with van der Waals surface area (Å²) in [6.07, 6.45) is 1.84. The lowest BCUT2D eigenvalue weighted by atomic mass is 9.88. The summed E-state index contributed by atoms with van der Waals surface area (Å²) in [5.41, 5.74) is 4.01. The summed E-state index contributed by atoms with van der Waals surface area (Å²) < 4.78 is 5.40. The number of halogens is 1. The summed E-state index contributed by atoms with van der Waals surface area (Å²) in [6.45, 7) is 4.68. The van der Waals surface area contributed by atoms with Gasteiger partial charge in [0.1, 0.15) is 0 Å². The maximum atomic E-state index is 12.2. The molecule has 0 aliphatic carbocycles. The first kappa shape index (κ1) is 20.1. The number of hydrogen-bond acceptors (Lipinski definition) is 4. The molecule has 2 aliphatic heterocycles. The summed E-state index contributed by atoms with van der Waals surface area (Å²) in [7, 11) is 0. The van der Waals surface area contributed by atoms with E-state index in [1.165, 1.54) is 5.56 Å². The molecule has 29 heavy (non-hydrogen) atoms. The molecule has 0 spiro atoms. The number of imide groups is 1. The minimum absolute atomic E-state index is 0.216. The fourth-order valence-electron chi connectivity index (χ4n) is 4.00. The van der Waals surface area contributed by atoms with E-state index < -0.39 is 0 Å². The summed E-state index contributed by atoms with van der Waals surface area (Å²) in [4.78, 5) is 26.1. The van der Waals surface area contributed by atoms with Crippen LogP contribution in [0.2, 0.25) is 5.02 Å². The molecule has 5 nitrogen and oxygen atoms in total. The van der Waals surface area contributed by atoms with Crippen molar-refractivity contribution in [2.75, 3.05) is 32.8 Å². The molecule has 2 saturated heterocycles. The van der Waals surface area contributed by atoms with Crippen LogP contribution in [0.15, 0.2) is 42.5 Å². The van der Waals surface area contributed by atoms with Gasteiger partial charge in [-0.15, -0.1) is 0 Å². The molecule has 2 amide bonds. The van der Waals surface area contributed by atoms with Gasteiger partial charge in [0.15, 0.2) is 0 Å². The Morgan fingerprint density at radius 3 is 2.55 bits per heavy atom. The highest BCUT2D eigenvalue weighted by Crippen LogP contribution is 2.37. The van der Waals surface area contributed by atoms with Crippen molar-refractivity contribution in [1.29, 1.82) is 0 Å². The number of carbonyl (C=O) groups excluding carboxylic acids is 2. The summed E-state index contributed by atoms with van der Waals surface area (Å²) in [5, 5.41) is 3.00. The Balaban J connectivity index is 1.48. The van der Waals surface area contributed by atoms with Gasteiger partial charge in [-0.25, -0.2) is 0 Å². The molecule has 0 saturated carbocycles. The Morgan fingerprint density at radius 2 is 1.83 bits per heavy atom. The molecule has 0 radical (unpaired) electrons. The maximum Gasteiger partial charge on any atom is 0.234 e. The highest BCUT2D eigenvalue weighted by molar-refractivity contribution is 6.34. The Kier molecular flexibility index (Phi) is 6.28. The standard InChI is InChI=1S/C23H25ClN2O3/c24-22-18(2-1-3-19(22)20-8-9-21(27)25-23(20)28)17-6-4-16(5-7-17)10-11-26-12-14-29-15-13-26/h1-7,20H,8-15H2,(H,25,27,28). The summed E-state index contributed by atoms with van der Waals surface area (Å²) >= 11 is 6.70. The number of rotatable bonds is 5. The lowest BCUT2D eigenvalue weighted by Gasteiger charge is -2.26. The van der Waals surface area contributed by atoms with Crippen molar-refractivity contribution in [3.8, 4) is 11.1 Å². The van der Waals surface area contributed by atoms with E-state index in [0.717, 1.165) is 56.0 Å². The third-order valence-corrected chi connectivity index (χ3v) is 6.15. The van der Waals surface area contributed by atoms with Crippen LogP contribution < -0.4 is 5.32 Å². The normalized spacial score (nSPS) is 20.5. The summed E-state index contributed by atoms with van der Waals surface area (Å²) in [5.74, 6) is -0.863. The Hall–Kier alpha value is -2.21. The number of benzene rings is 2. The molecule has 0 aromatic heterocycles. The van der Waals surface area contributed by atoms with Gasteiger partial charge in [-0.1, -0.05) is 54.1 Å². The first-order valence-corrected chi connectivity index (χ1v) is 10.5. The number of amides is 2. The monoisotopic (exact) mass is 412 g/mol. The van der Waals surface area contributed by atoms with Gasteiger partial charge < -0.3 is 4.74 Å². The second-order valence-electron chi connectivity index (χ2n) is 7.61. The molecule has 1 unspecified atom stereocenters. The smallest absolute Gasteiger partial charge is 0.234 e. The Bertz CT molecular complexity index is 891. The van der Waals surface area contributed by atoms with Gasteiger partial charge >= 0.3 is 0 Å². The van der Waals surface area contributed by atoms with Crippen LogP contribution in [0.4, 0.5) is 0 Å². The van der Waals surface area contributed by atoms with Gasteiger partial charge in [-0.3, -0.25) is 19.8 Å². The average Bonchev–Trinajstić information content (AvgIpc) is 2.74. The van der Waals surface area contributed by atoms with Crippen LogP contribution >= 0.6 is 11.6 Å². The van der Waals surface area contributed by atoms with Crippen molar-refractivity contribution < 1.29 is 14.3 Å². The van der Waals surface area contributed by atoms with Gasteiger partial charge in [0.2, 0.25) is 11.8 Å². The van der Waals surface area contributed by atoms with Crippen LogP contribution in [0.1, 0.15) is 29.9 Å². The SMILES string of the molecule is O=C1CCC(c2cccc(-c3ccc(CCN4CCOCC4)cc3)c2Cl)C(=O)N1. The lowest BCUT2D eigenvalue weighted by Crippen LogP contribution is -2.39. The molecular weight excluding hydrogens is 388 g/mol. The van der Waals surface area contributed by atoms with Crippen LogP contribution in [0.25, 0.3) is 11.1 Å². The largest absolute Gasteiger partial charge is 0.379 e. The van der Waals surface area contributed by atoms with Crippen molar-refractivity contribution in [2.45, 2.75) is 25.2 Å². The first-order chi connectivity index (χ1) is 14.1. The topological polar surface area (TPSA) is 58.6 Å². The highest BCUT2D eigenvalue weighted by atomic mass is 35.5. The molecule has 4 rings (SSSR count). The number of piperidine rings is 1. The van der Waals surface area contributed by atoms with Crippen molar-refractivity contribution in [3.63, 3.8) is 0 Å². The second kappa shape index (κ2) is 9.08. The van der Waals surface area contributed by atoms with Crippen LogP contribution in [0, 0.1) is 0 Å². The predicted molar refractivity (Wildman–Crippen MR) is 113 cm³/mol. The minimum atomic E-state index is -0.382. The molecular formula is C23H25ClN2O3. The third-order valence-electron chi connectivity index (χ3n) is 5.73. The van der Waals surface area contributed by atoms with E-state index in [0.29, 0.717) is 17.9 Å². The molecule has 2 aromatic carbocycles. The Labute approximate surface area is 176 Å². The summed E-state index contributed by atoms with van der Waals surface area (Å²) in [6, 6.07) is 14.2. The second-order valence-corrected chi connectivity index (χ2v) is 7.99. The lowest BCUT2D eigenvalue weighted by molar-refractivity contribution is -0.134. The predicted octanol–water partition coefficient (Wildman–Crippen LogP) is 3.40. The quantitative estimate of drug-likeness (QED) is 0.764. The first-order valence-electron chi connectivity index (χ1n) is 10.1. The number of morpholine rings is 1. The molecule has 2 aromatic rings. The van der Waals surface area contributed by atoms with E-state index in [2.05, 4.69) is 34.5 Å². The van der Waals surface area contributed by atoms with Crippen LogP contribution in [-0.4, -0.2) is 49.6 Å².